The Kier molecular flexibility index (Phi) is 2.64. The first-order valence-corrected chi connectivity index (χ1v) is 6.06. The molecule has 0 aliphatic carbocycles. The number of fused-ring (bicyclic) bond motifs is 4. The number of ether oxygens (including phenoxy) is 3. The zero-order valence-corrected chi connectivity index (χ0v) is 10.6. The molecular weight excluding hydrogens is 236 g/mol. The molecular formula is C12H16N2O4. The fourth-order valence-electron chi connectivity index (χ4n) is 2.81. The Morgan fingerprint density at radius 1 is 1.44 bits per heavy atom. The predicted molar refractivity (Wildman–Crippen MR) is 62.5 cm³/mol. The molecule has 1 saturated heterocycles. The maximum Gasteiger partial charge on any atom is 0.302 e. The number of nitrogens with zero attached hydrogens (tertiary/aromatic N) is 2. The Bertz CT molecular complexity index is 515. The Balaban J connectivity index is 2.11. The van der Waals surface area contributed by atoms with Gasteiger partial charge in [-0.25, -0.2) is 0 Å². The highest BCUT2D eigenvalue weighted by atomic mass is 16.6. The molecule has 0 spiro atoms. The normalized spacial score (nSPS) is 37.8. The second-order valence-corrected chi connectivity index (χ2v) is 4.83. The Morgan fingerprint density at radius 3 is 2.94 bits per heavy atom. The first kappa shape index (κ1) is 11.7. The SMILES string of the molecule is COC1[C@@H](C)[C@@H]2O[C@H]1n1ccc(=O)nc1O[C@@H]2C. The standard InChI is InChI=1S/C12H16N2O4/c1-6-9-7(2)17-12-13-8(15)4-5-14(12)11(18-9)10(6)16-3/h4-7,9-11H,1-3H3/t6-,7+,9-,10?,11+/m0/s1. The van der Waals surface area contributed by atoms with Crippen molar-refractivity contribution in [3.63, 3.8) is 0 Å². The highest BCUT2D eigenvalue weighted by Gasteiger charge is 2.49. The van der Waals surface area contributed by atoms with Crippen LogP contribution in [0.2, 0.25) is 0 Å². The number of methoxy groups -OCH3 is 1. The summed E-state index contributed by atoms with van der Waals surface area (Å²) in [7, 11) is 1.67. The largest absolute Gasteiger partial charge is 0.459 e. The summed E-state index contributed by atoms with van der Waals surface area (Å²) in [6, 6.07) is 1.70. The third-order valence-corrected chi connectivity index (χ3v) is 3.72. The Labute approximate surface area is 104 Å². The smallest absolute Gasteiger partial charge is 0.302 e. The summed E-state index contributed by atoms with van der Waals surface area (Å²) in [5.74, 6) is 0.225. The Morgan fingerprint density at radius 2 is 2.22 bits per heavy atom. The quantitative estimate of drug-likeness (QED) is 0.731. The fraction of sp³-hybridized carbons (Fsp3) is 0.667. The number of hydrogen-bond donors (Lipinski definition) is 0. The van der Waals surface area contributed by atoms with Crippen LogP contribution in [0.25, 0.3) is 0 Å². The van der Waals surface area contributed by atoms with E-state index >= 15 is 0 Å². The molecule has 1 aromatic heterocycles. The van der Waals surface area contributed by atoms with Crippen molar-refractivity contribution in [3.05, 3.63) is 22.6 Å². The first-order valence-electron chi connectivity index (χ1n) is 6.06. The molecule has 6 nitrogen and oxygen atoms in total. The van der Waals surface area contributed by atoms with Crippen LogP contribution < -0.4 is 10.3 Å². The van der Waals surface area contributed by atoms with Gasteiger partial charge in [0.05, 0.1) is 0 Å². The minimum atomic E-state index is -0.312. The van der Waals surface area contributed by atoms with Crippen LogP contribution in [0.4, 0.5) is 0 Å². The van der Waals surface area contributed by atoms with Gasteiger partial charge in [-0.15, -0.1) is 0 Å². The van der Waals surface area contributed by atoms with Crippen LogP contribution in [0.15, 0.2) is 17.1 Å². The summed E-state index contributed by atoms with van der Waals surface area (Å²) in [5.41, 5.74) is -0.312. The minimum Gasteiger partial charge on any atom is -0.459 e. The first-order chi connectivity index (χ1) is 8.61. The summed E-state index contributed by atoms with van der Waals surface area (Å²) in [6.45, 7) is 4.00. The molecule has 0 radical (unpaired) electrons. The van der Waals surface area contributed by atoms with Crippen LogP contribution in [0.5, 0.6) is 6.01 Å². The lowest BCUT2D eigenvalue weighted by Crippen LogP contribution is -2.37. The lowest BCUT2D eigenvalue weighted by Gasteiger charge is -2.26. The van der Waals surface area contributed by atoms with Gasteiger partial charge in [-0.3, -0.25) is 9.36 Å². The maximum absolute atomic E-state index is 11.3. The highest BCUT2D eigenvalue weighted by molar-refractivity contribution is 5.07. The second-order valence-electron chi connectivity index (χ2n) is 4.83. The zero-order valence-electron chi connectivity index (χ0n) is 10.6. The molecule has 5 atom stereocenters. The van der Waals surface area contributed by atoms with E-state index in [2.05, 4.69) is 11.9 Å². The number of rotatable bonds is 1. The lowest BCUT2D eigenvalue weighted by atomic mass is 9.96. The van der Waals surface area contributed by atoms with E-state index < -0.39 is 0 Å². The molecule has 6 heteroatoms. The second kappa shape index (κ2) is 4.07. The molecule has 0 amide bonds. The van der Waals surface area contributed by atoms with Crippen molar-refractivity contribution in [2.75, 3.05) is 7.11 Å². The van der Waals surface area contributed by atoms with Gasteiger partial charge in [0.1, 0.15) is 18.3 Å². The van der Waals surface area contributed by atoms with Crippen LogP contribution in [0.3, 0.4) is 0 Å². The molecule has 0 N–H and O–H groups in total. The van der Waals surface area contributed by atoms with Crippen LogP contribution in [0, 0.1) is 5.92 Å². The van der Waals surface area contributed by atoms with Gasteiger partial charge in [-0.1, -0.05) is 6.92 Å². The van der Waals surface area contributed by atoms with E-state index in [1.807, 2.05) is 6.92 Å². The van der Waals surface area contributed by atoms with Gasteiger partial charge < -0.3 is 14.2 Å². The van der Waals surface area contributed by atoms with Crippen LogP contribution in [-0.2, 0) is 9.47 Å². The average Bonchev–Trinajstić information content (AvgIpc) is 2.58. The van der Waals surface area contributed by atoms with Crippen LogP contribution in [-0.4, -0.2) is 35.0 Å². The van der Waals surface area contributed by atoms with E-state index in [9.17, 15) is 4.79 Å². The van der Waals surface area contributed by atoms with Crippen molar-refractivity contribution in [1.29, 1.82) is 0 Å². The van der Waals surface area contributed by atoms with Gasteiger partial charge in [0, 0.05) is 25.3 Å². The molecule has 1 fully saturated rings. The summed E-state index contributed by atoms with van der Waals surface area (Å²) in [4.78, 5) is 15.2. The summed E-state index contributed by atoms with van der Waals surface area (Å²) < 4.78 is 18.9. The minimum absolute atomic E-state index is 0.0586. The molecule has 3 heterocycles. The van der Waals surface area contributed by atoms with Gasteiger partial charge in [-0.2, -0.15) is 4.98 Å². The van der Waals surface area contributed by atoms with Gasteiger partial charge in [-0.05, 0) is 6.92 Å². The van der Waals surface area contributed by atoms with Crippen molar-refractivity contribution in [1.82, 2.24) is 9.55 Å². The van der Waals surface area contributed by atoms with E-state index in [-0.39, 0.29) is 36.0 Å². The van der Waals surface area contributed by atoms with Crippen LogP contribution in [0.1, 0.15) is 20.1 Å². The fourth-order valence-corrected chi connectivity index (χ4v) is 2.81. The molecule has 1 aromatic rings. The van der Waals surface area contributed by atoms with Crippen molar-refractivity contribution in [2.24, 2.45) is 5.92 Å². The molecule has 3 rings (SSSR count). The monoisotopic (exact) mass is 252 g/mol. The number of aromatic nitrogens is 2. The van der Waals surface area contributed by atoms with E-state index in [0.717, 1.165) is 0 Å². The molecule has 18 heavy (non-hydrogen) atoms. The number of hydrogen-bond acceptors (Lipinski definition) is 5. The Hall–Kier alpha value is -1.40. The lowest BCUT2D eigenvalue weighted by molar-refractivity contribution is -0.0531. The van der Waals surface area contributed by atoms with Gasteiger partial charge in [0.15, 0.2) is 6.23 Å². The van der Waals surface area contributed by atoms with Crippen LogP contribution >= 0.6 is 0 Å². The zero-order chi connectivity index (χ0) is 12.9. The third kappa shape index (κ3) is 1.56. The van der Waals surface area contributed by atoms with Gasteiger partial charge in [0.2, 0.25) is 0 Å². The summed E-state index contributed by atoms with van der Waals surface area (Å²) in [6.07, 6.45) is 1.07. The molecule has 2 bridgehead atoms. The predicted octanol–water partition coefficient (Wildman–Crippen LogP) is 0.573. The van der Waals surface area contributed by atoms with Crippen molar-refractivity contribution in [3.8, 4) is 6.01 Å². The summed E-state index contributed by atoms with van der Waals surface area (Å²) in [5, 5.41) is 0. The topological polar surface area (TPSA) is 62.6 Å². The summed E-state index contributed by atoms with van der Waals surface area (Å²) >= 11 is 0. The maximum atomic E-state index is 11.3. The van der Waals surface area contributed by atoms with Gasteiger partial charge in [0.25, 0.3) is 5.56 Å². The molecule has 2 aliphatic rings. The van der Waals surface area contributed by atoms with E-state index in [1.165, 1.54) is 6.07 Å². The van der Waals surface area contributed by atoms with Gasteiger partial charge >= 0.3 is 6.01 Å². The molecule has 2 aliphatic heterocycles. The molecule has 98 valence electrons. The van der Waals surface area contributed by atoms with Crippen molar-refractivity contribution < 1.29 is 14.2 Å². The van der Waals surface area contributed by atoms with Crippen molar-refractivity contribution in [2.45, 2.75) is 38.4 Å². The molecule has 1 unspecified atom stereocenters. The molecule has 0 saturated carbocycles. The third-order valence-electron chi connectivity index (χ3n) is 3.72. The highest BCUT2D eigenvalue weighted by Crippen LogP contribution is 2.41. The van der Waals surface area contributed by atoms with E-state index in [4.69, 9.17) is 14.2 Å². The van der Waals surface area contributed by atoms with E-state index in [1.54, 1.807) is 17.9 Å². The average molecular weight is 252 g/mol. The van der Waals surface area contributed by atoms with Crippen molar-refractivity contribution >= 4 is 0 Å². The van der Waals surface area contributed by atoms with E-state index in [0.29, 0.717) is 6.01 Å². The molecule has 0 aromatic carbocycles.